The Kier molecular flexibility index (Phi) is 2.86. The molecule has 1 N–H and O–H groups in total. The fraction of sp³-hybridized carbons (Fsp3) is 0.364. The molecule has 1 aromatic rings. The summed E-state index contributed by atoms with van der Waals surface area (Å²) in [6.45, 7) is 1.88. The van der Waals surface area contributed by atoms with Crippen molar-refractivity contribution in [3.63, 3.8) is 0 Å². The van der Waals surface area contributed by atoms with Crippen LogP contribution in [-0.2, 0) is 9.53 Å². The normalized spacial score (nSPS) is 25.3. The van der Waals surface area contributed by atoms with Crippen LogP contribution in [-0.4, -0.2) is 22.4 Å². The third kappa shape index (κ3) is 2.26. The summed E-state index contributed by atoms with van der Waals surface area (Å²) in [4.78, 5) is 12.1. The maximum Gasteiger partial charge on any atom is 0.319 e. The van der Waals surface area contributed by atoms with Gasteiger partial charge in [0.05, 0.1) is 0 Å². The van der Waals surface area contributed by atoms with Gasteiger partial charge in [0.15, 0.2) is 0 Å². The van der Waals surface area contributed by atoms with E-state index >= 15 is 0 Å². The molecular weight excluding hydrogens is 212 g/mol. The van der Waals surface area contributed by atoms with Crippen LogP contribution in [0.1, 0.15) is 13.3 Å². The maximum atomic E-state index is 11.4. The minimum absolute atomic E-state index is 0.0131. The lowest BCUT2D eigenvalue weighted by atomic mass is 10.3. The fourth-order valence-corrected chi connectivity index (χ4v) is 2.70. The van der Waals surface area contributed by atoms with Gasteiger partial charge in [0.25, 0.3) is 0 Å². The highest BCUT2D eigenvalue weighted by Crippen LogP contribution is 2.36. The SMILES string of the molecule is C[C@@H]1C[C@@H](Sc2ccccc2O)C(=O)O1. The van der Waals surface area contributed by atoms with E-state index in [1.54, 1.807) is 18.2 Å². The van der Waals surface area contributed by atoms with Crippen LogP contribution in [0.15, 0.2) is 29.2 Å². The van der Waals surface area contributed by atoms with Crippen LogP contribution < -0.4 is 0 Å². The van der Waals surface area contributed by atoms with Crippen molar-refractivity contribution >= 4 is 17.7 Å². The Bertz CT molecular complexity index is 378. The molecule has 0 spiro atoms. The number of cyclic esters (lactones) is 1. The van der Waals surface area contributed by atoms with Gasteiger partial charge in [-0.15, -0.1) is 11.8 Å². The molecule has 0 aromatic heterocycles. The second-order valence-electron chi connectivity index (χ2n) is 3.56. The van der Waals surface area contributed by atoms with E-state index in [-0.39, 0.29) is 23.1 Å². The van der Waals surface area contributed by atoms with Gasteiger partial charge in [0.2, 0.25) is 0 Å². The molecule has 0 radical (unpaired) electrons. The first-order chi connectivity index (χ1) is 7.16. The number of hydrogen-bond donors (Lipinski definition) is 1. The Morgan fingerprint density at radius 2 is 2.20 bits per heavy atom. The van der Waals surface area contributed by atoms with Gasteiger partial charge in [-0.25, -0.2) is 0 Å². The van der Waals surface area contributed by atoms with Crippen molar-refractivity contribution in [2.24, 2.45) is 0 Å². The third-order valence-corrected chi connectivity index (χ3v) is 3.53. The molecule has 1 fully saturated rings. The van der Waals surface area contributed by atoms with E-state index in [2.05, 4.69) is 0 Å². The third-order valence-electron chi connectivity index (χ3n) is 2.26. The number of thioether (sulfide) groups is 1. The lowest BCUT2D eigenvalue weighted by Crippen LogP contribution is -2.09. The zero-order chi connectivity index (χ0) is 10.8. The van der Waals surface area contributed by atoms with Crippen LogP contribution in [0.5, 0.6) is 5.75 Å². The van der Waals surface area contributed by atoms with E-state index in [1.807, 2.05) is 13.0 Å². The van der Waals surface area contributed by atoms with Crippen molar-refractivity contribution in [1.29, 1.82) is 0 Å². The van der Waals surface area contributed by atoms with Gasteiger partial charge in [-0.3, -0.25) is 4.79 Å². The summed E-state index contributed by atoms with van der Waals surface area (Å²) in [5, 5.41) is 9.36. The zero-order valence-electron chi connectivity index (χ0n) is 8.34. The van der Waals surface area contributed by atoms with Gasteiger partial charge in [-0.1, -0.05) is 12.1 Å². The molecule has 0 aliphatic carbocycles. The Hall–Kier alpha value is -1.16. The van der Waals surface area contributed by atoms with Crippen molar-refractivity contribution < 1.29 is 14.6 Å². The first-order valence-electron chi connectivity index (χ1n) is 4.82. The quantitative estimate of drug-likeness (QED) is 0.782. The number of hydrogen-bond acceptors (Lipinski definition) is 4. The number of esters is 1. The topological polar surface area (TPSA) is 46.5 Å². The summed E-state index contributed by atoms with van der Waals surface area (Å²) in [5.41, 5.74) is 0. The van der Waals surface area contributed by atoms with E-state index in [9.17, 15) is 9.90 Å². The minimum Gasteiger partial charge on any atom is -0.507 e. The number of phenols is 1. The molecule has 0 amide bonds. The zero-order valence-corrected chi connectivity index (χ0v) is 9.16. The van der Waals surface area contributed by atoms with E-state index in [4.69, 9.17) is 4.74 Å². The molecule has 3 nitrogen and oxygen atoms in total. The molecule has 0 saturated carbocycles. The van der Waals surface area contributed by atoms with Crippen molar-refractivity contribution in [3.05, 3.63) is 24.3 Å². The average Bonchev–Trinajstić information content (AvgIpc) is 2.49. The number of ether oxygens (including phenoxy) is 1. The molecule has 1 aliphatic heterocycles. The number of carbonyl (C=O) groups excluding carboxylic acids is 1. The van der Waals surface area contributed by atoms with Crippen molar-refractivity contribution in [2.45, 2.75) is 29.6 Å². The Balaban J connectivity index is 2.09. The van der Waals surface area contributed by atoms with Gasteiger partial charge < -0.3 is 9.84 Å². The molecular formula is C11H12O3S. The van der Waals surface area contributed by atoms with E-state index in [0.29, 0.717) is 6.42 Å². The second kappa shape index (κ2) is 4.14. The summed E-state index contributed by atoms with van der Waals surface area (Å²) < 4.78 is 5.04. The van der Waals surface area contributed by atoms with Crippen molar-refractivity contribution in [3.8, 4) is 5.75 Å². The molecule has 15 heavy (non-hydrogen) atoms. The highest BCUT2D eigenvalue weighted by Gasteiger charge is 2.32. The van der Waals surface area contributed by atoms with Crippen LogP contribution in [0.3, 0.4) is 0 Å². The summed E-state index contributed by atoms with van der Waals surface area (Å²) in [6.07, 6.45) is 0.693. The number of aromatic hydroxyl groups is 1. The largest absolute Gasteiger partial charge is 0.507 e. The number of rotatable bonds is 2. The number of para-hydroxylation sites is 1. The fourth-order valence-electron chi connectivity index (χ4n) is 1.53. The van der Waals surface area contributed by atoms with Crippen LogP contribution in [0.25, 0.3) is 0 Å². The first kappa shape index (κ1) is 10.4. The standard InChI is InChI=1S/C11H12O3S/c1-7-6-10(11(13)14-7)15-9-5-3-2-4-8(9)12/h2-5,7,10,12H,6H2,1H3/t7-,10-/m1/s1. The van der Waals surface area contributed by atoms with Crippen molar-refractivity contribution in [2.75, 3.05) is 0 Å². The number of benzene rings is 1. The summed E-state index contributed by atoms with van der Waals surface area (Å²) in [6, 6.07) is 7.02. The second-order valence-corrected chi connectivity index (χ2v) is 4.80. The molecule has 80 valence electrons. The van der Waals surface area contributed by atoms with Crippen LogP contribution >= 0.6 is 11.8 Å². The Labute approximate surface area is 92.4 Å². The van der Waals surface area contributed by atoms with Gasteiger partial charge in [-0.2, -0.15) is 0 Å². The molecule has 2 rings (SSSR count). The molecule has 1 aliphatic rings. The molecule has 4 heteroatoms. The summed E-state index contributed by atoms with van der Waals surface area (Å²) in [5.74, 6) is 0.0330. The Morgan fingerprint density at radius 3 is 2.80 bits per heavy atom. The van der Waals surface area contributed by atoms with E-state index in [1.165, 1.54) is 11.8 Å². The first-order valence-corrected chi connectivity index (χ1v) is 5.70. The lowest BCUT2D eigenvalue weighted by Gasteiger charge is -2.06. The Morgan fingerprint density at radius 1 is 1.47 bits per heavy atom. The van der Waals surface area contributed by atoms with Gasteiger partial charge in [0, 0.05) is 11.3 Å². The van der Waals surface area contributed by atoms with E-state index < -0.39 is 0 Å². The molecule has 0 unspecified atom stereocenters. The summed E-state index contributed by atoms with van der Waals surface area (Å²) in [7, 11) is 0. The predicted octanol–water partition coefficient (Wildman–Crippen LogP) is 2.19. The minimum atomic E-state index is -0.187. The smallest absolute Gasteiger partial charge is 0.319 e. The molecule has 1 heterocycles. The van der Waals surface area contributed by atoms with Crippen LogP contribution in [0.4, 0.5) is 0 Å². The van der Waals surface area contributed by atoms with Crippen molar-refractivity contribution in [1.82, 2.24) is 0 Å². The monoisotopic (exact) mass is 224 g/mol. The average molecular weight is 224 g/mol. The molecule has 0 bridgehead atoms. The van der Waals surface area contributed by atoms with Crippen LogP contribution in [0.2, 0.25) is 0 Å². The molecule has 1 aromatic carbocycles. The highest BCUT2D eigenvalue weighted by molar-refractivity contribution is 8.00. The predicted molar refractivity (Wildman–Crippen MR) is 57.9 cm³/mol. The van der Waals surface area contributed by atoms with Crippen LogP contribution in [0, 0.1) is 0 Å². The van der Waals surface area contributed by atoms with Gasteiger partial charge in [-0.05, 0) is 19.1 Å². The summed E-state index contributed by atoms with van der Waals surface area (Å²) >= 11 is 1.37. The van der Waals surface area contributed by atoms with E-state index in [0.717, 1.165) is 4.90 Å². The number of carbonyl (C=O) groups is 1. The number of phenolic OH excluding ortho intramolecular Hbond substituents is 1. The van der Waals surface area contributed by atoms with Gasteiger partial charge >= 0.3 is 5.97 Å². The maximum absolute atomic E-state index is 11.4. The highest BCUT2D eigenvalue weighted by atomic mass is 32.2. The molecule has 1 saturated heterocycles. The van der Waals surface area contributed by atoms with Gasteiger partial charge in [0.1, 0.15) is 17.1 Å². The lowest BCUT2D eigenvalue weighted by molar-refractivity contribution is -0.140. The molecule has 2 atom stereocenters.